The molecule has 0 aliphatic heterocycles. The van der Waals surface area contributed by atoms with E-state index >= 15 is 0 Å². The molecule has 4 heteroatoms. The zero-order valence-electron chi connectivity index (χ0n) is 7.38. The lowest BCUT2D eigenvalue weighted by Crippen LogP contribution is -2.49. The van der Waals surface area contributed by atoms with Crippen LogP contribution in [-0.4, -0.2) is 25.3 Å². The van der Waals surface area contributed by atoms with Gasteiger partial charge in [0.2, 0.25) is 0 Å². The molecule has 1 aliphatic carbocycles. The number of hydrogen-bond acceptors (Lipinski definition) is 3. The van der Waals surface area contributed by atoms with Crippen molar-refractivity contribution in [3.63, 3.8) is 0 Å². The van der Waals surface area contributed by atoms with E-state index in [9.17, 15) is 4.79 Å². The summed E-state index contributed by atoms with van der Waals surface area (Å²) >= 11 is 0. The maximum Gasteiger partial charge on any atom is 0.407 e. The van der Waals surface area contributed by atoms with Crippen molar-refractivity contribution in [2.24, 2.45) is 5.73 Å². The van der Waals surface area contributed by atoms with Crippen LogP contribution in [0.5, 0.6) is 0 Å². The second-order valence-electron chi connectivity index (χ2n) is 3.19. The lowest BCUT2D eigenvalue weighted by atomic mass is 9.91. The Morgan fingerprint density at radius 2 is 2.17 bits per heavy atom. The molecule has 0 unspecified atom stereocenters. The molecular formula is C8H16N2O2. The maximum atomic E-state index is 10.8. The first-order valence-electron chi connectivity index (χ1n) is 4.34. The summed E-state index contributed by atoms with van der Waals surface area (Å²) in [6, 6.07) is 0.198. The van der Waals surface area contributed by atoms with Gasteiger partial charge in [-0.3, -0.25) is 0 Å². The van der Waals surface area contributed by atoms with Gasteiger partial charge in [0.25, 0.3) is 0 Å². The molecule has 1 amide bonds. The number of alkyl carbamates (subject to hydrolysis) is 1. The van der Waals surface area contributed by atoms with Crippen LogP contribution in [0.25, 0.3) is 0 Å². The highest BCUT2D eigenvalue weighted by atomic mass is 16.5. The fourth-order valence-corrected chi connectivity index (χ4v) is 1.55. The van der Waals surface area contributed by atoms with Crippen molar-refractivity contribution >= 4 is 6.09 Å². The van der Waals surface area contributed by atoms with E-state index in [-0.39, 0.29) is 18.2 Å². The molecule has 0 radical (unpaired) electrons. The van der Waals surface area contributed by atoms with Crippen molar-refractivity contribution in [1.29, 1.82) is 0 Å². The molecule has 4 nitrogen and oxygen atoms in total. The molecule has 12 heavy (non-hydrogen) atoms. The molecule has 1 saturated carbocycles. The molecule has 0 aromatic rings. The number of nitrogens with one attached hydrogen (secondary N) is 1. The lowest BCUT2D eigenvalue weighted by Gasteiger charge is -2.28. The van der Waals surface area contributed by atoms with E-state index in [0.717, 1.165) is 19.3 Å². The van der Waals surface area contributed by atoms with Crippen LogP contribution < -0.4 is 11.1 Å². The number of carbonyl (C=O) groups excluding carboxylic acids is 1. The number of rotatable bonds is 1. The van der Waals surface area contributed by atoms with Crippen molar-refractivity contribution in [3.05, 3.63) is 0 Å². The Bertz CT molecular complexity index is 161. The Morgan fingerprint density at radius 3 is 2.75 bits per heavy atom. The molecule has 2 atom stereocenters. The molecular weight excluding hydrogens is 156 g/mol. The third-order valence-corrected chi connectivity index (χ3v) is 2.31. The number of methoxy groups -OCH3 is 1. The summed E-state index contributed by atoms with van der Waals surface area (Å²) in [5, 5.41) is 2.73. The van der Waals surface area contributed by atoms with Crippen LogP contribution in [0.4, 0.5) is 4.79 Å². The second-order valence-corrected chi connectivity index (χ2v) is 3.19. The van der Waals surface area contributed by atoms with Gasteiger partial charge >= 0.3 is 6.09 Å². The van der Waals surface area contributed by atoms with Crippen molar-refractivity contribution in [3.8, 4) is 0 Å². The third-order valence-electron chi connectivity index (χ3n) is 2.31. The molecule has 0 bridgehead atoms. The summed E-state index contributed by atoms with van der Waals surface area (Å²) < 4.78 is 4.50. The van der Waals surface area contributed by atoms with E-state index in [0.29, 0.717) is 0 Å². The first-order valence-corrected chi connectivity index (χ1v) is 4.34. The van der Waals surface area contributed by atoms with Crippen molar-refractivity contribution < 1.29 is 9.53 Å². The van der Waals surface area contributed by atoms with Crippen LogP contribution in [-0.2, 0) is 4.74 Å². The minimum absolute atomic E-state index is 0.0952. The Hall–Kier alpha value is -0.770. The molecule has 1 rings (SSSR count). The molecule has 3 N–H and O–H groups in total. The SMILES string of the molecule is COC(=O)N[C@H]1CCCC[C@H]1N. The summed E-state index contributed by atoms with van der Waals surface area (Å²) in [6.45, 7) is 0. The average Bonchev–Trinajstić information content (AvgIpc) is 2.09. The summed E-state index contributed by atoms with van der Waals surface area (Å²) in [5.74, 6) is 0. The summed E-state index contributed by atoms with van der Waals surface area (Å²) in [4.78, 5) is 10.8. The molecule has 0 spiro atoms. The quantitative estimate of drug-likeness (QED) is 0.609. The van der Waals surface area contributed by atoms with E-state index in [4.69, 9.17) is 5.73 Å². The first-order chi connectivity index (χ1) is 5.74. The molecule has 1 fully saturated rings. The summed E-state index contributed by atoms with van der Waals surface area (Å²) in [7, 11) is 1.36. The van der Waals surface area contributed by atoms with Crippen LogP contribution in [0, 0.1) is 0 Å². The van der Waals surface area contributed by atoms with E-state index < -0.39 is 0 Å². The van der Waals surface area contributed by atoms with Gasteiger partial charge in [-0.2, -0.15) is 0 Å². The van der Waals surface area contributed by atoms with Crippen LogP contribution in [0.2, 0.25) is 0 Å². The van der Waals surface area contributed by atoms with Gasteiger partial charge in [-0.25, -0.2) is 4.79 Å². The van der Waals surface area contributed by atoms with Crippen LogP contribution in [0.15, 0.2) is 0 Å². The van der Waals surface area contributed by atoms with E-state index in [1.165, 1.54) is 13.5 Å². The number of nitrogens with two attached hydrogens (primary N) is 1. The minimum atomic E-state index is -0.377. The Labute approximate surface area is 72.5 Å². The average molecular weight is 172 g/mol. The van der Waals surface area contributed by atoms with Crippen molar-refractivity contribution in [2.75, 3.05) is 7.11 Å². The standard InChI is InChI=1S/C8H16N2O2/c1-12-8(11)10-7-5-3-2-4-6(7)9/h6-7H,2-5,9H2,1H3,(H,10,11)/t6-,7+/m1/s1. The van der Waals surface area contributed by atoms with Crippen LogP contribution >= 0.6 is 0 Å². The highest BCUT2D eigenvalue weighted by Crippen LogP contribution is 2.16. The third kappa shape index (κ3) is 2.37. The number of carbonyl (C=O) groups is 1. The molecule has 0 heterocycles. The van der Waals surface area contributed by atoms with E-state index in [1.54, 1.807) is 0 Å². The number of hydrogen-bond donors (Lipinski definition) is 2. The largest absolute Gasteiger partial charge is 0.453 e. The fraction of sp³-hybridized carbons (Fsp3) is 0.875. The normalized spacial score (nSPS) is 29.5. The summed E-state index contributed by atoms with van der Waals surface area (Å²) in [6.07, 6.45) is 3.89. The predicted molar refractivity (Wildman–Crippen MR) is 45.8 cm³/mol. The Kier molecular flexibility index (Phi) is 3.34. The van der Waals surface area contributed by atoms with Gasteiger partial charge in [0.15, 0.2) is 0 Å². The minimum Gasteiger partial charge on any atom is -0.453 e. The Morgan fingerprint density at radius 1 is 1.50 bits per heavy atom. The van der Waals surface area contributed by atoms with Crippen LogP contribution in [0.1, 0.15) is 25.7 Å². The topological polar surface area (TPSA) is 64.3 Å². The van der Waals surface area contributed by atoms with Crippen molar-refractivity contribution in [1.82, 2.24) is 5.32 Å². The van der Waals surface area contributed by atoms with Crippen LogP contribution in [0.3, 0.4) is 0 Å². The molecule has 0 saturated heterocycles. The fourth-order valence-electron chi connectivity index (χ4n) is 1.55. The highest BCUT2D eigenvalue weighted by Gasteiger charge is 2.23. The first kappa shape index (κ1) is 9.32. The molecule has 1 aliphatic rings. The molecule has 0 aromatic carbocycles. The van der Waals surface area contributed by atoms with Gasteiger partial charge < -0.3 is 15.8 Å². The van der Waals surface area contributed by atoms with Gasteiger partial charge in [-0.1, -0.05) is 12.8 Å². The van der Waals surface area contributed by atoms with E-state index in [1.807, 2.05) is 0 Å². The predicted octanol–water partition coefficient (Wildman–Crippen LogP) is 0.612. The summed E-state index contributed by atoms with van der Waals surface area (Å²) in [5.41, 5.74) is 5.81. The monoisotopic (exact) mass is 172 g/mol. The van der Waals surface area contributed by atoms with Gasteiger partial charge in [0.1, 0.15) is 0 Å². The van der Waals surface area contributed by atoms with E-state index in [2.05, 4.69) is 10.1 Å². The van der Waals surface area contributed by atoms with Gasteiger partial charge in [0.05, 0.1) is 7.11 Å². The zero-order valence-corrected chi connectivity index (χ0v) is 7.38. The molecule has 0 aromatic heterocycles. The second kappa shape index (κ2) is 4.30. The van der Waals surface area contributed by atoms with Crippen molar-refractivity contribution in [2.45, 2.75) is 37.8 Å². The maximum absolute atomic E-state index is 10.8. The van der Waals surface area contributed by atoms with Gasteiger partial charge in [0, 0.05) is 12.1 Å². The highest BCUT2D eigenvalue weighted by molar-refractivity contribution is 5.67. The zero-order chi connectivity index (χ0) is 8.97. The lowest BCUT2D eigenvalue weighted by molar-refractivity contribution is 0.161. The van der Waals surface area contributed by atoms with Gasteiger partial charge in [-0.05, 0) is 12.8 Å². The molecule has 70 valence electrons. The Balaban J connectivity index is 2.33. The number of ether oxygens (including phenoxy) is 1. The number of amides is 1. The smallest absolute Gasteiger partial charge is 0.407 e. The van der Waals surface area contributed by atoms with Gasteiger partial charge in [-0.15, -0.1) is 0 Å².